The fourth-order valence-electron chi connectivity index (χ4n) is 2.71. The summed E-state index contributed by atoms with van der Waals surface area (Å²) in [4.78, 5) is 37.8. The molecule has 5 nitrogen and oxygen atoms in total. The van der Waals surface area contributed by atoms with Gasteiger partial charge in [-0.05, 0) is 30.2 Å². The zero-order valence-electron chi connectivity index (χ0n) is 11.8. The van der Waals surface area contributed by atoms with Crippen LogP contribution >= 0.6 is 0 Å². The van der Waals surface area contributed by atoms with Crippen molar-refractivity contribution in [1.82, 2.24) is 0 Å². The summed E-state index contributed by atoms with van der Waals surface area (Å²) in [7, 11) is 0. The van der Waals surface area contributed by atoms with Crippen LogP contribution in [-0.4, -0.2) is 22.9 Å². The van der Waals surface area contributed by atoms with E-state index in [0.29, 0.717) is 5.69 Å². The van der Waals surface area contributed by atoms with E-state index < -0.39 is 23.7 Å². The maximum Gasteiger partial charge on any atom is 0.320 e. The van der Waals surface area contributed by atoms with Crippen molar-refractivity contribution < 1.29 is 19.5 Å². The molecule has 0 radical (unpaired) electrons. The Morgan fingerprint density at radius 1 is 1.05 bits per heavy atom. The Hall–Kier alpha value is -2.95. The van der Waals surface area contributed by atoms with Gasteiger partial charge in [-0.1, -0.05) is 36.4 Å². The molecular weight excluding hydrogens is 282 g/mol. The average Bonchev–Trinajstić information content (AvgIpc) is 2.49. The summed E-state index contributed by atoms with van der Waals surface area (Å²) in [6, 6.07) is 13.2. The van der Waals surface area contributed by atoms with Gasteiger partial charge in [0.05, 0.1) is 5.69 Å². The molecule has 0 aromatic heterocycles. The lowest BCUT2D eigenvalue weighted by atomic mass is 9.88. The molecule has 3 rings (SSSR count). The highest BCUT2D eigenvalue weighted by Gasteiger charge is 2.43. The second kappa shape index (κ2) is 5.11. The van der Waals surface area contributed by atoms with Crippen molar-refractivity contribution in [2.75, 3.05) is 4.90 Å². The Bertz CT molecular complexity index is 797. The minimum Gasteiger partial charge on any atom is -0.480 e. The van der Waals surface area contributed by atoms with Gasteiger partial charge in [0.25, 0.3) is 11.8 Å². The quantitative estimate of drug-likeness (QED) is 0.681. The van der Waals surface area contributed by atoms with E-state index in [4.69, 9.17) is 0 Å². The summed E-state index contributed by atoms with van der Waals surface area (Å²) < 4.78 is 0. The summed E-state index contributed by atoms with van der Waals surface area (Å²) in [6.45, 7) is 1.77. The SMILES string of the molecule is Cc1ccccc1N1C(=O)c2ccccc2C(C(=O)O)C1=O. The van der Waals surface area contributed by atoms with Crippen LogP contribution in [0.1, 0.15) is 27.4 Å². The number of carbonyl (C=O) groups excluding carboxylic acids is 2. The van der Waals surface area contributed by atoms with Gasteiger partial charge in [-0.3, -0.25) is 14.4 Å². The molecule has 1 heterocycles. The highest BCUT2D eigenvalue weighted by molar-refractivity contribution is 6.30. The molecule has 22 heavy (non-hydrogen) atoms. The fraction of sp³-hybridized carbons (Fsp3) is 0.118. The van der Waals surface area contributed by atoms with Crippen LogP contribution in [0.2, 0.25) is 0 Å². The van der Waals surface area contributed by atoms with Crippen LogP contribution in [0.3, 0.4) is 0 Å². The molecule has 1 aliphatic rings. The molecule has 1 N–H and O–H groups in total. The predicted octanol–water partition coefficient (Wildman–Crippen LogP) is 2.35. The van der Waals surface area contributed by atoms with E-state index in [1.807, 2.05) is 0 Å². The van der Waals surface area contributed by atoms with Crippen molar-refractivity contribution in [2.24, 2.45) is 0 Å². The van der Waals surface area contributed by atoms with Gasteiger partial charge in [0, 0.05) is 5.56 Å². The molecule has 0 aliphatic carbocycles. The molecule has 0 spiro atoms. The van der Waals surface area contributed by atoms with Gasteiger partial charge in [0.2, 0.25) is 0 Å². The summed E-state index contributed by atoms with van der Waals surface area (Å²) in [5, 5.41) is 9.42. The number of fused-ring (bicyclic) bond motifs is 1. The Morgan fingerprint density at radius 2 is 1.68 bits per heavy atom. The molecular formula is C17H13NO4. The number of aryl methyl sites for hydroxylation is 1. The first-order valence-corrected chi connectivity index (χ1v) is 6.78. The van der Waals surface area contributed by atoms with E-state index in [-0.39, 0.29) is 11.1 Å². The van der Waals surface area contributed by atoms with Crippen molar-refractivity contribution in [1.29, 1.82) is 0 Å². The van der Waals surface area contributed by atoms with Crippen molar-refractivity contribution in [3.63, 3.8) is 0 Å². The minimum atomic E-state index is -1.37. The molecule has 1 unspecified atom stereocenters. The Labute approximate surface area is 126 Å². The number of benzene rings is 2. The standard InChI is InChI=1S/C17H13NO4/c1-10-6-2-5-9-13(10)18-15(19)12-8-4-3-7-11(12)14(16(18)20)17(21)22/h2-9,14H,1H3,(H,21,22). The Morgan fingerprint density at radius 3 is 2.36 bits per heavy atom. The number of aliphatic carboxylic acids is 1. The van der Waals surface area contributed by atoms with Gasteiger partial charge in [-0.25, -0.2) is 4.90 Å². The smallest absolute Gasteiger partial charge is 0.320 e. The summed E-state index contributed by atoms with van der Waals surface area (Å²) in [5.41, 5.74) is 1.64. The third kappa shape index (κ3) is 1.98. The van der Waals surface area contributed by atoms with E-state index in [0.717, 1.165) is 10.5 Å². The fourth-order valence-corrected chi connectivity index (χ4v) is 2.71. The summed E-state index contributed by atoms with van der Waals surface area (Å²) in [5.74, 6) is -3.85. The van der Waals surface area contributed by atoms with Crippen molar-refractivity contribution in [2.45, 2.75) is 12.8 Å². The largest absolute Gasteiger partial charge is 0.480 e. The molecule has 0 fully saturated rings. The van der Waals surface area contributed by atoms with E-state index in [1.54, 1.807) is 49.4 Å². The van der Waals surface area contributed by atoms with Gasteiger partial charge in [0.15, 0.2) is 5.92 Å². The van der Waals surface area contributed by atoms with E-state index in [9.17, 15) is 19.5 Å². The van der Waals surface area contributed by atoms with Crippen molar-refractivity contribution in [3.05, 3.63) is 65.2 Å². The van der Waals surface area contributed by atoms with Gasteiger partial charge in [-0.15, -0.1) is 0 Å². The number of carbonyl (C=O) groups is 3. The number of amides is 2. The second-order valence-corrected chi connectivity index (χ2v) is 5.12. The maximum atomic E-state index is 12.7. The molecule has 110 valence electrons. The molecule has 2 aromatic carbocycles. The van der Waals surface area contributed by atoms with Gasteiger partial charge in [-0.2, -0.15) is 0 Å². The second-order valence-electron chi connectivity index (χ2n) is 5.12. The highest BCUT2D eigenvalue weighted by Crippen LogP contribution is 2.34. The first-order valence-electron chi connectivity index (χ1n) is 6.78. The monoisotopic (exact) mass is 295 g/mol. The van der Waals surface area contributed by atoms with E-state index in [1.165, 1.54) is 6.07 Å². The molecule has 0 saturated heterocycles. The molecule has 5 heteroatoms. The van der Waals surface area contributed by atoms with Crippen molar-refractivity contribution >= 4 is 23.5 Å². The Kier molecular flexibility index (Phi) is 3.25. The maximum absolute atomic E-state index is 12.7. The first-order chi connectivity index (χ1) is 10.5. The molecule has 2 amide bonds. The van der Waals surface area contributed by atoms with Gasteiger partial charge in [0.1, 0.15) is 0 Å². The predicted molar refractivity (Wildman–Crippen MR) is 79.8 cm³/mol. The molecule has 1 atom stereocenters. The molecule has 2 aromatic rings. The van der Waals surface area contributed by atoms with E-state index >= 15 is 0 Å². The van der Waals surface area contributed by atoms with Crippen molar-refractivity contribution in [3.8, 4) is 0 Å². The number of anilines is 1. The zero-order chi connectivity index (χ0) is 15.9. The number of carboxylic acid groups (broad SMARTS) is 1. The lowest BCUT2D eigenvalue weighted by Gasteiger charge is -2.31. The van der Waals surface area contributed by atoms with Crippen LogP contribution in [0.25, 0.3) is 0 Å². The number of para-hydroxylation sites is 1. The number of carboxylic acids is 1. The molecule has 0 bridgehead atoms. The number of rotatable bonds is 2. The summed E-state index contributed by atoms with van der Waals surface area (Å²) in [6.07, 6.45) is 0. The van der Waals surface area contributed by atoms with Crippen LogP contribution in [-0.2, 0) is 9.59 Å². The Balaban J connectivity index is 2.23. The normalized spacial score (nSPS) is 17.3. The van der Waals surface area contributed by atoms with Gasteiger partial charge < -0.3 is 5.11 Å². The first kappa shape index (κ1) is 14.0. The number of hydrogen-bond acceptors (Lipinski definition) is 3. The molecule has 1 aliphatic heterocycles. The molecule has 0 saturated carbocycles. The van der Waals surface area contributed by atoms with Crippen LogP contribution in [0.5, 0.6) is 0 Å². The third-order valence-electron chi connectivity index (χ3n) is 3.78. The van der Waals surface area contributed by atoms with Crippen LogP contribution in [0, 0.1) is 6.92 Å². The minimum absolute atomic E-state index is 0.245. The number of nitrogens with zero attached hydrogens (tertiary/aromatic N) is 1. The zero-order valence-corrected chi connectivity index (χ0v) is 11.8. The topological polar surface area (TPSA) is 74.7 Å². The van der Waals surface area contributed by atoms with Crippen LogP contribution < -0.4 is 4.90 Å². The lowest BCUT2D eigenvalue weighted by molar-refractivity contribution is -0.142. The third-order valence-corrected chi connectivity index (χ3v) is 3.78. The van der Waals surface area contributed by atoms with Gasteiger partial charge >= 0.3 is 5.97 Å². The summed E-state index contributed by atoms with van der Waals surface area (Å²) >= 11 is 0. The number of imide groups is 1. The van der Waals surface area contributed by atoms with Crippen LogP contribution in [0.15, 0.2) is 48.5 Å². The van der Waals surface area contributed by atoms with Crippen LogP contribution in [0.4, 0.5) is 5.69 Å². The lowest BCUT2D eigenvalue weighted by Crippen LogP contribution is -2.47. The van der Waals surface area contributed by atoms with E-state index in [2.05, 4.69) is 0 Å². The average molecular weight is 295 g/mol. The number of hydrogen-bond donors (Lipinski definition) is 1. The highest BCUT2D eigenvalue weighted by atomic mass is 16.4.